The summed E-state index contributed by atoms with van der Waals surface area (Å²) in [5.74, 6) is 0. The molecule has 1 aliphatic heterocycles. The van der Waals surface area contributed by atoms with E-state index < -0.39 is 0 Å². The predicted molar refractivity (Wildman–Crippen MR) is 298 cm³/mol. The summed E-state index contributed by atoms with van der Waals surface area (Å²) in [5, 5.41) is 15.9. The molecule has 0 radical (unpaired) electrons. The number of para-hydroxylation sites is 1. The fourth-order valence-electron chi connectivity index (χ4n) is 11.1. The first-order valence-electron chi connectivity index (χ1n) is 24.3. The van der Waals surface area contributed by atoms with Crippen molar-refractivity contribution in [3.05, 3.63) is 261 Å². The van der Waals surface area contributed by atoms with Gasteiger partial charge in [0.15, 0.2) is 0 Å². The van der Waals surface area contributed by atoms with E-state index in [-0.39, 0.29) is 6.17 Å². The van der Waals surface area contributed by atoms with Gasteiger partial charge < -0.3 is 9.88 Å². The maximum absolute atomic E-state index is 4.90. The van der Waals surface area contributed by atoms with E-state index in [2.05, 4.69) is 240 Å². The summed E-state index contributed by atoms with van der Waals surface area (Å²) < 4.78 is 2.30. The molecule has 1 aliphatic rings. The van der Waals surface area contributed by atoms with Gasteiger partial charge in [-0.05, 0) is 160 Å². The first-order valence-corrected chi connectivity index (χ1v) is 24.3. The van der Waals surface area contributed by atoms with Crippen LogP contribution in [0.1, 0.15) is 11.7 Å². The van der Waals surface area contributed by atoms with Gasteiger partial charge in [-0.3, -0.25) is 4.98 Å². The van der Waals surface area contributed by atoms with E-state index in [4.69, 9.17) is 9.97 Å². The highest BCUT2D eigenvalue weighted by Gasteiger charge is 2.22. The number of nitrogens with zero attached hydrogens (tertiary/aromatic N) is 3. The Hall–Kier alpha value is -9.38. The molecule has 0 spiro atoms. The fourth-order valence-corrected chi connectivity index (χ4v) is 11.1. The average molecular weight is 905 g/mol. The van der Waals surface area contributed by atoms with Crippen LogP contribution in [-0.4, -0.2) is 14.5 Å². The van der Waals surface area contributed by atoms with Crippen LogP contribution in [0.5, 0.6) is 0 Å². The van der Waals surface area contributed by atoms with Crippen molar-refractivity contribution >= 4 is 70.7 Å². The van der Waals surface area contributed by atoms with E-state index in [1.807, 2.05) is 24.7 Å². The van der Waals surface area contributed by atoms with E-state index in [0.717, 1.165) is 38.9 Å². The number of aromatic nitrogens is 3. The van der Waals surface area contributed by atoms with Crippen LogP contribution in [0.25, 0.3) is 126 Å². The highest BCUT2D eigenvalue weighted by atomic mass is 15.2. The number of nitrogens with one attached hydrogen (secondary N) is 1. The topological polar surface area (TPSA) is 42.7 Å². The normalized spacial score (nSPS) is 13.6. The van der Waals surface area contributed by atoms with Crippen molar-refractivity contribution in [3.63, 3.8) is 0 Å². The average Bonchev–Trinajstić information content (AvgIpc) is 3.78. The van der Waals surface area contributed by atoms with Gasteiger partial charge in [0.25, 0.3) is 0 Å². The van der Waals surface area contributed by atoms with Crippen molar-refractivity contribution in [3.8, 4) is 55.6 Å². The van der Waals surface area contributed by atoms with Gasteiger partial charge in [0.05, 0.1) is 5.52 Å². The first-order chi connectivity index (χ1) is 35.2. The van der Waals surface area contributed by atoms with Gasteiger partial charge in [-0.15, -0.1) is 0 Å². The molecule has 0 aliphatic carbocycles. The van der Waals surface area contributed by atoms with Gasteiger partial charge in [0.2, 0.25) is 0 Å². The maximum atomic E-state index is 4.90. The lowest BCUT2D eigenvalue weighted by Gasteiger charge is -2.25. The lowest BCUT2D eigenvalue weighted by atomic mass is 9.84. The van der Waals surface area contributed by atoms with Crippen LogP contribution < -0.4 is 5.32 Å². The van der Waals surface area contributed by atoms with Crippen molar-refractivity contribution in [1.82, 2.24) is 19.9 Å². The van der Waals surface area contributed by atoms with Crippen LogP contribution in [-0.2, 0) is 0 Å². The third-order valence-electron chi connectivity index (χ3n) is 14.5. The van der Waals surface area contributed by atoms with Gasteiger partial charge in [0.1, 0.15) is 11.8 Å². The van der Waals surface area contributed by atoms with E-state index >= 15 is 0 Å². The van der Waals surface area contributed by atoms with Crippen LogP contribution in [0.2, 0.25) is 0 Å². The van der Waals surface area contributed by atoms with Gasteiger partial charge in [0, 0.05) is 46.2 Å². The van der Waals surface area contributed by atoms with Gasteiger partial charge >= 0.3 is 0 Å². The Morgan fingerprint density at radius 2 is 0.887 bits per heavy atom. The molecule has 4 nitrogen and oxygen atoms in total. The van der Waals surface area contributed by atoms with Crippen LogP contribution in [0, 0.1) is 0 Å². The Kier molecular flexibility index (Phi) is 9.56. The van der Waals surface area contributed by atoms with Crippen molar-refractivity contribution < 1.29 is 0 Å². The molecule has 1 N–H and O–H groups in total. The Balaban J connectivity index is 0.935. The molecule has 0 fully saturated rings. The lowest BCUT2D eigenvalue weighted by Crippen LogP contribution is -2.26. The summed E-state index contributed by atoms with van der Waals surface area (Å²) >= 11 is 0. The minimum Gasteiger partial charge on any atom is -0.361 e. The maximum Gasteiger partial charge on any atom is 0.142 e. The molecule has 1 unspecified atom stereocenters. The molecule has 4 heteroatoms. The third kappa shape index (κ3) is 6.99. The van der Waals surface area contributed by atoms with E-state index in [9.17, 15) is 0 Å². The molecule has 1 atom stereocenters. The summed E-state index contributed by atoms with van der Waals surface area (Å²) in [5.41, 5.74) is 15.9. The summed E-state index contributed by atoms with van der Waals surface area (Å²) in [6.45, 7) is 0. The number of dihydropyridines is 1. The Bertz CT molecular complexity index is 4260. The smallest absolute Gasteiger partial charge is 0.142 e. The van der Waals surface area contributed by atoms with E-state index in [0.29, 0.717) is 0 Å². The largest absolute Gasteiger partial charge is 0.361 e. The number of benzene rings is 10. The van der Waals surface area contributed by atoms with Gasteiger partial charge in [-0.2, -0.15) is 0 Å². The molecule has 3 aromatic heterocycles. The molecule has 332 valence electrons. The Labute approximate surface area is 411 Å². The minimum absolute atomic E-state index is 0.142. The Morgan fingerprint density at radius 3 is 1.56 bits per heavy atom. The number of allylic oxidation sites excluding steroid dienone is 2. The number of hydrogen-bond acceptors (Lipinski definition) is 3. The molecule has 13 aromatic rings. The fraction of sp³-hybridized carbons (Fsp3) is 0.0149. The molecule has 0 saturated carbocycles. The second kappa shape index (κ2) is 16.7. The molecular weight excluding hydrogens is 861 g/mol. The van der Waals surface area contributed by atoms with Crippen LogP contribution in [0.3, 0.4) is 0 Å². The standard InChI is InChI=1S/C67H44N4/c1-3-13-43(14-4-1)47-28-24-45-26-30-50(37-52(45)35-47)65-57-18-7-8-19-58(57)66(51-31-27-46-25-29-48(36-53(46)38-51)44-15-5-2-6-16-44)61-40-49(32-33-59(61)65)54-39-55(42-68-41-54)62-21-11-23-64(70-62)71-63-22-10-9-17-56(63)60-20-12-34-69-67(60)71/h1-42,64,70H. The van der Waals surface area contributed by atoms with Crippen molar-refractivity contribution in [2.45, 2.75) is 6.17 Å². The molecule has 4 heterocycles. The zero-order chi connectivity index (χ0) is 46.8. The zero-order valence-corrected chi connectivity index (χ0v) is 38.7. The summed E-state index contributed by atoms with van der Waals surface area (Å²) in [6.07, 6.45) is 12.2. The van der Waals surface area contributed by atoms with E-state index in [1.165, 1.54) is 93.0 Å². The molecule has 0 saturated heterocycles. The minimum atomic E-state index is -0.142. The Morgan fingerprint density at radius 1 is 0.366 bits per heavy atom. The molecular formula is C67H44N4. The third-order valence-corrected chi connectivity index (χ3v) is 14.5. The summed E-state index contributed by atoms with van der Waals surface area (Å²) in [7, 11) is 0. The quantitative estimate of drug-likeness (QED) is 0.162. The second-order valence-corrected chi connectivity index (χ2v) is 18.6. The summed E-state index contributed by atoms with van der Waals surface area (Å²) in [4.78, 5) is 9.76. The number of rotatable bonds is 7. The monoisotopic (exact) mass is 904 g/mol. The highest BCUT2D eigenvalue weighted by molar-refractivity contribution is 6.22. The second-order valence-electron chi connectivity index (χ2n) is 18.6. The molecule has 0 amide bonds. The molecule has 14 rings (SSSR count). The zero-order valence-electron chi connectivity index (χ0n) is 38.7. The number of hydrogen-bond donors (Lipinski definition) is 1. The van der Waals surface area contributed by atoms with Crippen LogP contribution >= 0.6 is 0 Å². The SMILES string of the molecule is C1=CC(n2c3ccccc3c3cccnc32)NC(c2cncc(-c3ccc4c(-c5ccc6ccc(-c7ccccc7)cc6c5)c5ccccc5c(-c5ccc6ccc(-c7ccccc7)cc6c5)c4c3)c2)=C1. The van der Waals surface area contributed by atoms with E-state index in [1.54, 1.807) is 0 Å². The number of pyridine rings is 2. The number of fused-ring (bicyclic) bond motifs is 7. The first kappa shape index (κ1) is 40.7. The molecule has 0 bridgehead atoms. The highest BCUT2D eigenvalue weighted by Crippen LogP contribution is 2.46. The predicted octanol–water partition coefficient (Wildman–Crippen LogP) is 17.2. The van der Waals surface area contributed by atoms with Gasteiger partial charge in [-0.25, -0.2) is 4.98 Å². The van der Waals surface area contributed by atoms with Crippen molar-refractivity contribution in [2.24, 2.45) is 0 Å². The van der Waals surface area contributed by atoms with Crippen LogP contribution in [0.15, 0.2) is 255 Å². The van der Waals surface area contributed by atoms with Crippen LogP contribution in [0.4, 0.5) is 0 Å². The molecule has 10 aromatic carbocycles. The van der Waals surface area contributed by atoms with Crippen molar-refractivity contribution in [2.75, 3.05) is 0 Å². The van der Waals surface area contributed by atoms with Crippen molar-refractivity contribution in [1.29, 1.82) is 0 Å². The summed E-state index contributed by atoms with van der Waals surface area (Å²) in [6, 6.07) is 79.8. The lowest BCUT2D eigenvalue weighted by molar-refractivity contribution is 0.585. The van der Waals surface area contributed by atoms with Gasteiger partial charge in [-0.1, -0.05) is 170 Å². The molecule has 71 heavy (non-hydrogen) atoms.